The molecule has 0 aliphatic carbocycles. The van der Waals surface area contributed by atoms with Crippen molar-refractivity contribution >= 4 is 11.6 Å². The molecule has 5 heteroatoms. The Morgan fingerprint density at radius 1 is 0.955 bits per heavy atom. The number of unbranched alkanes of at least 4 members (excludes halogenated alkanes) is 4. The summed E-state index contributed by atoms with van der Waals surface area (Å²) in [5.74, 6) is 1.58. The highest BCUT2D eigenvalue weighted by molar-refractivity contribution is 5.91. The molecule has 22 heavy (non-hydrogen) atoms. The normalized spacial score (nSPS) is 10.2. The van der Waals surface area contributed by atoms with Gasteiger partial charge in [0.05, 0.1) is 21.3 Å². The molecule has 1 rings (SSSR count). The topological polar surface area (TPSA) is 56.8 Å². The first-order valence-electron chi connectivity index (χ1n) is 7.76. The molecule has 0 unspecified atom stereocenters. The summed E-state index contributed by atoms with van der Waals surface area (Å²) in [4.78, 5) is 12.0. The molecule has 0 spiro atoms. The van der Waals surface area contributed by atoms with E-state index in [1.165, 1.54) is 19.3 Å². The van der Waals surface area contributed by atoms with E-state index in [-0.39, 0.29) is 5.91 Å². The van der Waals surface area contributed by atoms with Crippen LogP contribution in [0.1, 0.15) is 45.4 Å². The minimum atomic E-state index is 0.00534. The van der Waals surface area contributed by atoms with E-state index in [2.05, 4.69) is 12.2 Å². The molecule has 0 radical (unpaired) electrons. The van der Waals surface area contributed by atoms with Crippen molar-refractivity contribution in [3.8, 4) is 17.2 Å². The van der Waals surface area contributed by atoms with E-state index < -0.39 is 0 Å². The minimum absolute atomic E-state index is 0.00534. The maximum Gasteiger partial charge on any atom is 0.224 e. The van der Waals surface area contributed by atoms with Crippen molar-refractivity contribution in [1.82, 2.24) is 0 Å². The fourth-order valence-electron chi connectivity index (χ4n) is 2.27. The van der Waals surface area contributed by atoms with Crippen molar-refractivity contribution in [3.05, 3.63) is 12.1 Å². The highest BCUT2D eigenvalue weighted by Crippen LogP contribution is 2.39. The zero-order chi connectivity index (χ0) is 16.4. The van der Waals surface area contributed by atoms with Crippen molar-refractivity contribution < 1.29 is 19.0 Å². The van der Waals surface area contributed by atoms with Gasteiger partial charge in [0.25, 0.3) is 0 Å². The zero-order valence-corrected chi connectivity index (χ0v) is 14.0. The fourth-order valence-corrected chi connectivity index (χ4v) is 2.27. The van der Waals surface area contributed by atoms with Crippen LogP contribution in [-0.4, -0.2) is 27.2 Å². The number of amides is 1. The van der Waals surface area contributed by atoms with Crippen molar-refractivity contribution in [2.45, 2.75) is 45.4 Å². The predicted octanol–water partition coefficient (Wildman–Crippen LogP) is 4.01. The number of rotatable bonds is 10. The molecule has 1 amide bonds. The molecule has 124 valence electrons. The summed E-state index contributed by atoms with van der Waals surface area (Å²) >= 11 is 0. The van der Waals surface area contributed by atoms with Crippen LogP contribution in [0.15, 0.2) is 12.1 Å². The molecule has 1 aromatic carbocycles. The Kier molecular flexibility index (Phi) is 8.18. The molecule has 0 heterocycles. The van der Waals surface area contributed by atoms with Gasteiger partial charge in [0.2, 0.25) is 11.7 Å². The molecular formula is C17H27NO4. The van der Waals surface area contributed by atoms with E-state index in [9.17, 15) is 4.79 Å². The third kappa shape index (κ3) is 5.47. The standard InChI is InChI=1S/C17H27NO4/c1-5-6-7-8-9-10-16(19)18-13-11-14(20-2)17(22-4)15(12-13)21-3/h11-12H,5-10H2,1-4H3,(H,18,19). The summed E-state index contributed by atoms with van der Waals surface area (Å²) in [6.45, 7) is 2.18. The van der Waals surface area contributed by atoms with Crippen molar-refractivity contribution in [3.63, 3.8) is 0 Å². The Hall–Kier alpha value is -1.91. The zero-order valence-electron chi connectivity index (χ0n) is 14.0. The summed E-state index contributed by atoms with van der Waals surface area (Å²) in [6.07, 6.45) is 6.16. The summed E-state index contributed by atoms with van der Waals surface area (Å²) in [5.41, 5.74) is 0.646. The van der Waals surface area contributed by atoms with Gasteiger partial charge in [-0.3, -0.25) is 4.79 Å². The molecule has 1 N–H and O–H groups in total. The smallest absolute Gasteiger partial charge is 0.224 e. The van der Waals surface area contributed by atoms with Crippen LogP contribution >= 0.6 is 0 Å². The van der Waals surface area contributed by atoms with Gasteiger partial charge < -0.3 is 19.5 Å². The first-order valence-corrected chi connectivity index (χ1v) is 7.76. The largest absolute Gasteiger partial charge is 0.493 e. The van der Waals surface area contributed by atoms with E-state index in [0.29, 0.717) is 29.4 Å². The van der Waals surface area contributed by atoms with Crippen LogP contribution in [0.25, 0.3) is 0 Å². The molecule has 0 aromatic heterocycles. The Bertz CT molecular complexity index is 449. The first kappa shape index (κ1) is 18.1. The first-order chi connectivity index (χ1) is 10.7. The lowest BCUT2D eigenvalue weighted by atomic mass is 10.1. The van der Waals surface area contributed by atoms with Crippen LogP contribution in [0.5, 0.6) is 17.2 Å². The van der Waals surface area contributed by atoms with Gasteiger partial charge in [-0.1, -0.05) is 32.6 Å². The van der Waals surface area contributed by atoms with Gasteiger partial charge in [-0.25, -0.2) is 0 Å². The van der Waals surface area contributed by atoms with Gasteiger partial charge in [0.15, 0.2) is 11.5 Å². The predicted molar refractivity (Wildman–Crippen MR) is 88.1 cm³/mol. The van der Waals surface area contributed by atoms with Crippen LogP contribution in [0.3, 0.4) is 0 Å². The molecule has 0 bridgehead atoms. The highest BCUT2D eigenvalue weighted by Gasteiger charge is 2.14. The molecule has 0 saturated carbocycles. The Morgan fingerprint density at radius 2 is 1.55 bits per heavy atom. The van der Waals surface area contributed by atoms with Crippen LogP contribution < -0.4 is 19.5 Å². The maximum atomic E-state index is 12.0. The lowest BCUT2D eigenvalue weighted by Gasteiger charge is -2.14. The van der Waals surface area contributed by atoms with Gasteiger partial charge in [-0.15, -0.1) is 0 Å². The Morgan fingerprint density at radius 3 is 2.05 bits per heavy atom. The molecule has 0 aliphatic rings. The van der Waals surface area contributed by atoms with Crippen molar-refractivity contribution in [1.29, 1.82) is 0 Å². The third-order valence-electron chi connectivity index (χ3n) is 3.46. The van der Waals surface area contributed by atoms with Crippen LogP contribution in [0, 0.1) is 0 Å². The van der Waals surface area contributed by atoms with Crippen LogP contribution in [0.4, 0.5) is 5.69 Å². The number of nitrogens with one attached hydrogen (secondary N) is 1. The van der Waals surface area contributed by atoms with E-state index in [4.69, 9.17) is 14.2 Å². The fraction of sp³-hybridized carbons (Fsp3) is 0.588. The number of hydrogen-bond acceptors (Lipinski definition) is 4. The number of ether oxygens (including phenoxy) is 3. The molecule has 5 nitrogen and oxygen atoms in total. The van der Waals surface area contributed by atoms with Gasteiger partial charge in [-0.2, -0.15) is 0 Å². The lowest BCUT2D eigenvalue weighted by molar-refractivity contribution is -0.116. The average Bonchev–Trinajstić information content (AvgIpc) is 2.53. The lowest BCUT2D eigenvalue weighted by Crippen LogP contribution is -2.11. The van der Waals surface area contributed by atoms with E-state index in [0.717, 1.165) is 12.8 Å². The molecule has 0 saturated heterocycles. The Labute approximate surface area is 132 Å². The summed E-state index contributed by atoms with van der Waals surface area (Å²) in [5, 5.41) is 2.88. The second-order valence-electron chi connectivity index (χ2n) is 5.13. The molecule has 0 atom stereocenters. The van der Waals surface area contributed by atoms with E-state index >= 15 is 0 Å². The highest BCUT2D eigenvalue weighted by atomic mass is 16.5. The average molecular weight is 309 g/mol. The second-order valence-corrected chi connectivity index (χ2v) is 5.13. The number of benzene rings is 1. The SMILES string of the molecule is CCCCCCCC(=O)Nc1cc(OC)c(OC)c(OC)c1. The molecule has 1 aromatic rings. The molecule has 0 aliphatic heterocycles. The van der Waals surface area contributed by atoms with Crippen LogP contribution in [0.2, 0.25) is 0 Å². The summed E-state index contributed by atoms with van der Waals surface area (Å²) in [6, 6.07) is 3.46. The number of carbonyl (C=O) groups is 1. The van der Waals surface area contributed by atoms with Crippen LogP contribution in [-0.2, 0) is 4.79 Å². The second kappa shape index (κ2) is 9.92. The number of hydrogen-bond donors (Lipinski definition) is 1. The summed E-state index contributed by atoms with van der Waals surface area (Å²) in [7, 11) is 4.65. The monoisotopic (exact) mass is 309 g/mol. The van der Waals surface area contributed by atoms with Gasteiger partial charge >= 0.3 is 0 Å². The van der Waals surface area contributed by atoms with E-state index in [1.807, 2.05) is 0 Å². The van der Waals surface area contributed by atoms with Crippen molar-refractivity contribution in [2.75, 3.05) is 26.6 Å². The number of carbonyl (C=O) groups excluding carboxylic acids is 1. The number of methoxy groups -OCH3 is 3. The third-order valence-corrected chi connectivity index (χ3v) is 3.46. The van der Waals surface area contributed by atoms with Crippen molar-refractivity contribution in [2.24, 2.45) is 0 Å². The van der Waals surface area contributed by atoms with E-state index in [1.54, 1.807) is 33.5 Å². The van der Waals surface area contributed by atoms with Gasteiger partial charge in [-0.05, 0) is 6.42 Å². The minimum Gasteiger partial charge on any atom is -0.493 e. The Balaban J connectivity index is 2.63. The molecule has 0 fully saturated rings. The molecular weight excluding hydrogens is 282 g/mol. The maximum absolute atomic E-state index is 12.0. The van der Waals surface area contributed by atoms with Gasteiger partial charge in [0, 0.05) is 24.2 Å². The summed E-state index contributed by atoms with van der Waals surface area (Å²) < 4.78 is 15.8. The number of anilines is 1. The van der Waals surface area contributed by atoms with Gasteiger partial charge in [0.1, 0.15) is 0 Å². The quantitative estimate of drug-likeness (QED) is 0.663.